The first-order valence-electron chi connectivity index (χ1n) is 13.0. The van der Waals surface area contributed by atoms with E-state index in [1.54, 1.807) is 60.7 Å². The number of nitrogens with zero attached hydrogens (tertiary/aromatic N) is 2. The average Bonchev–Trinajstić information content (AvgIpc) is 3.43. The van der Waals surface area contributed by atoms with Gasteiger partial charge in [-0.2, -0.15) is 0 Å². The number of Topliss-reactive ketones (excluding diaryl/α,β-unsaturated/α-hetero) is 3. The number of anilines is 1. The molecule has 0 bridgehead atoms. The molecule has 1 fully saturated rings. The number of non-ortho nitro benzene ring substituents is 1. The number of rotatable bonds is 4. The summed E-state index contributed by atoms with van der Waals surface area (Å²) in [6.45, 7) is 0. The van der Waals surface area contributed by atoms with E-state index < -0.39 is 28.3 Å². The maximum Gasteiger partial charge on any atom is 0.269 e. The Balaban J connectivity index is 1.54. The van der Waals surface area contributed by atoms with Crippen LogP contribution in [0.5, 0.6) is 0 Å². The fraction of sp³-hybridized carbons (Fsp3) is 0.121. The second-order valence-corrected chi connectivity index (χ2v) is 10.3. The fourth-order valence-corrected chi connectivity index (χ4v) is 6.87. The summed E-state index contributed by atoms with van der Waals surface area (Å²) in [5.41, 5.74) is 1.52. The number of para-hydroxylation sites is 1. The predicted octanol–water partition coefficient (Wildman–Crippen LogP) is 5.91. The van der Waals surface area contributed by atoms with Gasteiger partial charge in [0.2, 0.25) is 0 Å². The van der Waals surface area contributed by atoms with E-state index in [1.165, 1.54) is 12.1 Å². The van der Waals surface area contributed by atoms with Crippen LogP contribution in [0.25, 0.3) is 6.08 Å². The number of carbonyl (C=O) groups excluding carboxylic acids is 3. The number of carbonyl (C=O) groups is 3. The van der Waals surface area contributed by atoms with Gasteiger partial charge in [-0.05, 0) is 17.2 Å². The van der Waals surface area contributed by atoms with Gasteiger partial charge < -0.3 is 4.90 Å². The minimum Gasteiger partial charge on any atom is -0.352 e. The van der Waals surface area contributed by atoms with Crippen molar-refractivity contribution < 1.29 is 19.3 Å². The van der Waals surface area contributed by atoms with Crippen molar-refractivity contribution in [2.45, 2.75) is 18.0 Å². The Labute approximate surface area is 229 Å². The topological polar surface area (TPSA) is 97.6 Å². The molecule has 1 spiro atoms. The molecule has 7 nitrogen and oxygen atoms in total. The van der Waals surface area contributed by atoms with Crippen LogP contribution in [0.1, 0.15) is 48.1 Å². The standard InChI is InChI=1S/C33H22N2O5/c36-30(22-9-2-1-3-10-22)29-28(21-14-17-23(18-15-21)35(39)40)33(31(37)24-11-5-6-12-25(24)32(33)38)27-19-16-20-8-4-7-13-26(20)34(27)29/h1-19,27-29H. The Morgan fingerprint density at radius 3 is 2.02 bits per heavy atom. The third-order valence-electron chi connectivity index (χ3n) is 8.50. The SMILES string of the molecule is O=C(c1ccccc1)C1C(c2ccc([N+](=O)[O-])cc2)C2(C(=O)c3ccccc3C2=O)C2C=Cc3ccccc3N12. The largest absolute Gasteiger partial charge is 0.352 e. The van der Waals surface area contributed by atoms with E-state index in [-0.39, 0.29) is 23.0 Å². The molecule has 4 aromatic carbocycles. The summed E-state index contributed by atoms with van der Waals surface area (Å²) >= 11 is 0. The number of hydrogen-bond acceptors (Lipinski definition) is 6. The Bertz CT molecular complexity index is 1720. The molecule has 0 radical (unpaired) electrons. The third kappa shape index (κ3) is 3.09. The van der Waals surface area contributed by atoms with Crippen molar-refractivity contribution >= 4 is 34.8 Å². The lowest BCUT2D eigenvalue weighted by Gasteiger charge is -2.37. The van der Waals surface area contributed by atoms with Crippen molar-refractivity contribution in [1.82, 2.24) is 0 Å². The summed E-state index contributed by atoms with van der Waals surface area (Å²) < 4.78 is 0. The summed E-state index contributed by atoms with van der Waals surface area (Å²) in [4.78, 5) is 56.5. The lowest BCUT2D eigenvalue weighted by Crippen LogP contribution is -2.48. The Morgan fingerprint density at radius 2 is 1.38 bits per heavy atom. The van der Waals surface area contributed by atoms with Crippen LogP contribution in [0.3, 0.4) is 0 Å². The number of fused-ring (bicyclic) bond motifs is 5. The first-order chi connectivity index (χ1) is 19.4. The van der Waals surface area contributed by atoms with E-state index in [9.17, 15) is 24.5 Å². The van der Waals surface area contributed by atoms with Gasteiger partial charge in [0.05, 0.1) is 11.0 Å². The number of ketones is 3. The number of benzene rings is 4. The molecule has 40 heavy (non-hydrogen) atoms. The molecule has 2 aliphatic heterocycles. The highest BCUT2D eigenvalue weighted by Gasteiger charge is 2.71. The zero-order valence-corrected chi connectivity index (χ0v) is 21.1. The highest BCUT2D eigenvalue weighted by molar-refractivity contribution is 6.32. The summed E-state index contributed by atoms with van der Waals surface area (Å²) in [5, 5.41) is 11.5. The van der Waals surface area contributed by atoms with E-state index in [0.717, 1.165) is 11.3 Å². The van der Waals surface area contributed by atoms with Gasteiger partial charge in [-0.25, -0.2) is 0 Å². The summed E-state index contributed by atoms with van der Waals surface area (Å²) in [7, 11) is 0. The molecule has 0 amide bonds. The van der Waals surface area contributed by atoms with Crippen LogP contribution < -0.4 is 4.90 Å². The van der Waals surface area contributed by atoms with Gasteiger partial charge in [0.1, 0.15) is 11.5 Å². The van der Waals surface area contributed by atoms with Gasteiger partial charge >= 0.3 is 0 Å². The molecule has 1 saturated heterocycles. The molecule has 0 saturated carbocycles. The molecule has 3 atom stereocenters. The Morgan fingerprint density at radius 1 is 0.775 bits per heavy atom. The van der Waals surface area contributed by atoms with E-state index in [4.69, 9.17) is 0 Å². The van der Waals surface area contributed by atoms with Crippen molar-refractivity contribution in [2.75, 3.05) is 4.90 Å². The molecular formula is C33H22N2O5. The van der Waals surface area contributed by atoms with Crippen molar-refractivity contribution in [3.8, 4) is 0 Å². The average molecular weight is 527 g/mol. The summed E-state index contributed by atoms with van der Waals surface area (Å²) in [6, 6.07) is 27.5. The second-order valence-electron chi connectivity index (χ2n) is 10.3. The maximum absolute atomic E-state index is 14.6. The highest BCUT2D eigenvalue weighted by Crippen LogP contribution is 2.61. The minimum atomic E-state index is -1.64. The van der Waals surface area contributed by atoms with Crippen LogP contribution in [0.15, 0.2) is 109 Å². The van der Waals surface area contributed by atoms with Crippen LogP contribution in [-0.4, -0.2) is 34.4 Å². The first-order valence-corrected chi connectivity index (χ1v) is 13.0. The van der Waals surface area contributed by atoms with Crippen LogP contribution in [0.4, 0.5) is 11.4 Å². The number of nitro benzene ring substituents is 1. The van der Waals surface area contributed by atoms with Crippen molar-refractivity contribution in [3.05, 3.63) is 147 Å². The quantitative estimate of drug-likeness (QED) is 0.142. The molecule has 7 heteroatoms. The molecule has 194 valence electrons. The van der Waals surface area contributed by atoms with E-state index in [2.05, 4.69) is 0 Å². The lowest BCUT2D eigenvalue weighted by molar-refractivity contribution is -0.384. The number of nitro groups is 1. The Kier molecular flexibility index (Phi) is 5.19. The van der Waals surface area contributed by atoms with Gasteiger partial charge in [0.25, 0.3) is 5.69 Å². The fourth-order valence-electron chi connectivity index (χ4n) is 6.87. The highest BCUT2D eigenvalue weighted by atomic mass is 16.6. The molecular weight excluding hydrogens is 504 g/mol. The summed E-state index contributed by atoms with van der Waals surface area (Å²) in [5.74, 6) is -1.81. The minimum absolute atomic E-state index is 0.114. The molecule has 3 aliphatic rings. The van der Waals surface area contributed by atoms with Gasteiger partial charge in [0.15, 0.2) is 17.3 Å². The normalized spacial score (nSPS) is 21.7. The van der Waals surface area contributed by atoms with Crippen molar-refractivity contribution in [2.24, 2.45) is 5.41 Å². The van der Waals surface area contributed by atoms with Gasteiger partial charge in [-0.15, -0.1) is 0 Å². The van der Waals surface area contributed by atoms with Gasteiger partial charge in [-0.1, -0.05) is 97.1 Å². The van der Waals surface area contributed by atoms with Crippen molar-refractivity contribution in [1.29, 1.82) is 0 Å². The number of hydrogen-bond donors (Lipinski definition) is 0. The second kappa shape index (κ2) is 8.68. The zero-order chi connectivity index (χ0) is 27.6. The van der Waals surface area contributed by atoms with Crippen LogP contribution in [0, 0.1) is 15.5 Å². The molecule has 3 unspecified atom stereocenters. The first kappa shape index (κ1) is 23.9. The molecule has 7 rings (SSSR count). The maximum atomic E-state index is 14.6. The van der Waals surface area contributed by atoms with Crippen LogP contribution in [-0.2, 0) is 0 Å². The Hall–Kier alpha value is -5.17. The predicted molar refractivity (Wildman–Crippen MR) is 150 cm³/mol. The molecule has 0 aromatic heterocycles. The van der Waals surface area contributed by atoms with Gasteiger partial charge in [0, 0.05) is 40.4 Å². The van der Waals surface area contributed by atoms with Crippen LogP contribution in [0.2, 0.25) is 0 Å². The summed E-state index contributed by atoms with van der Waals surface area (Å²) in [6.07, 6.45) is 3.77. The zero-order valence-electron chi connectivity index (χ0n) is 21.1. The van der Waals surface area contributed by atoms with E-state index in [1.807, 2.05) is 47.4 Å². The van der Waals surface area contributed by atoms with Crippen molar-refractivity contribution in [3.63, 3.8) is 0 Å². The monoisotopic (exact) mass is 526 g/mol. The molecule has 1 aliphatic carbocycles. The smallest absolute Gasteiger partial charge is 0.269 e. The lowest BCUT2D eigenvalue weighted by atomic mass is 9.64. The molecule has 2 heterocycles. The molecule has 4 aromatic rings. The van der Waals surface area contributed by atoms with Crippen LogP contribution >= 0.6 is 0 Å². The van der Waals surface area contributed by atoms with E-state index >= 15 is 0 Å². The van der Waals surface area contributed by atoms with Gasteiger partial charge in [-0.3, -0.25) is 24.5 Å². The third-order valence-corrected chi connectivity index (χ3v) is 8.50. The molecule has 0 N–H and O–H groups in total. The van der Waals surface area contributed by atoms with E-state index in [0.29, 0.717) is 22.3 Å².